The highest BCUT2D eigenvalue weighted by Gasteiger charge is 2.36. The van der Waals surface area contributed by atoms with Crippen LogP contribution in [-0.4, -0.2) is 29.0 Å². The number of hydrogen-bond acceptors (Lipinski definition) is 3. The van der Waals surface area contributed by atoms with Crippen molar-refractivity contribution in [3.05, 3.63) is 10.4 Å². The lowest BCUT2D eigenvalue weighted by atomic mass is 10.2. The predicted octanol–water partition coefficient (Wildman–Crippen LogP) is 2.25. The van der Waals surface area contributed by atoms with Gasteiger partial charge in [0.25, 0.3) is 0 Å². The molecular formula is C7H12IN3O2. The molecule has 1 heterocycles. The molecule has 0 N–H and O–H groups in total. The number of nitrogens with zero attached hydrogens (tertiary/aromatic N) is 3. The highest BCUT2D eigenvalue weighted by Crippen LogP contribution is 2.26. The summed E-state index contributed by atoms with van der Waals surface area (Å²) in [5, 5.41) is 3.66. The molecule has 1 aliphatic rings. The van der Waals surface area contributed by atoms with E-state index in [0.717, 1.165) is 4.43 Å². The van der Waals surface area contributed by atoms with Gasteiger partial charge in [-0.15, -0.1) is 0 Å². The maximum Gasteiger partial charge on any atom is 0.163 e. The Kier molecular flexibility index (Phi) is 3.78. The monoisotopic (exact) mass is 297 g/mol. The molecule has 74 valence electrons. The van der Waals surface area contributed by atoms with Crippen molar-refractivity contribution >= 4 is 22.6 Å². The van der Waals surface area contributed by atoms with Crippen LogP contribution in [0.15, 0.2) is 5.11 Å². The van der Waals surface area contributed by atoms with Crippen molar-refractivity contribution < 1.29 is 9.47 Å². The molecule has 0 aromatic heterocycles. The van der Waals surface area contributed by atoms with Gasteiger partial charge in [0.1, 0.15) is 0 Å². The lowest BCUT2D eigenvalue weighted by Gasteiger charge is -2.19. The van der Waals surface area contributed by atoms with Gasteiger partial charge in [0, 0.05) is 9.34 Å². The van der Waals surface area contributed by atoms with E-state index < -0.39 is 5.79 Å². The molecule has 13 heavy (non-hydrogen) atoms. The molecule has 5 nitrogen and oxygen atoms in total. The lowest BCUT2D eigenvalue weighted by Crippen LogP contribution is -2.30. The molecule has 0 saturated carbocycles. The average molecular weight is 297 g/mol. The quantitative estimate of drug-likeness (QED) is 0.263. The van der Waals surface area contributed by atoms with Crippen LogP contribution in [0.5, 0.6) is 0 Å². The average Bonchev–Trinajstić information content (AvgIpc) is 2.42. The summed E-state index contributed by atoms with van der Waals surface area (Å²) >= 11 is 2.17. The van der Waals surface area contributed by atoms with E-state index in [-0.39, 0.29) is 12.1 Å². The Morgan fingerprint density at radius 3 is 2.85 bits per heavy atom. The molecule has 0 aromatic carbocycles. The van der Waals surface area contributed by atoms with Crippen LogP contribution in [0, 0.1) is 0 Å². The van der Waals surface area contributed by atoms with Crippen LogP contribution in [0.3, 0.4) is 0 Å². The number of ether oxygens (including phenoxy) is 2. The van der Waals surface area contributed by atoms with Gasteiger partial charge in [-0.25, -0.2) is 0 Å². The van der Waals surface area contributed by atoms with Gasteiger partial charge in [-0.3, -0.25) is 0 Å². The largest absolute Gasteiger partial charge is 0.348 e. The first-order valence-electron chi connectivity index (χ1n) is 4.01. The number of halogens is 1. The maximum absolute atomic E-state index is 8.32. The van der Waals surface area contributed by atoms with E-state index in [4.69, 9.17) is 15.0 Å². The Bertz CT molecular complexity index is 228. The minimum Gasteiger partial charge on any atom is -0.348 e. The molecule has 2 atom stereocenters. The van der Waals surface area contributed by atoms with E-state index in [1.54, 1.807) is 0 Å². The van der Waals surface area contributed by atoms with Gasteiger partial charge >= 0.3 is 0 Å². The van der Waals surface area contributed by atoms with Crippen LogP contribution in [0.4, 0.5) is 0 Å². The molecule has 6 heteroatoms. The molecule has 0 radical (unpaired) electrons. The van der Waals surface area contributed by atoms with E-state index in [9.17, 15) is 0 Å². The summed E-state index contributed by atoms with van der Waals surface area (Å²) in [6.07, 6.45) is -0.109. The summed E-state index contributed by atoms with van der Waals surface area (Å²) in [4.78, 5) is 2.78. The summed E-state index contributed by atoms with van der Waals surface area (Å²) in [5.41, 5.74) is 8.32. The van der Waals surface area contributed by atoms with Crippen LogP contribution < -0.4 is 0 Å². The zero-order valence-electron chi connectivity index (χ0n) is 7.61. The molecule has 1 fully saturated rings. The third-order valence-corrected chi connectivity index (χ3v) is 2.72. The van der Waals surface area contributed by atoms with E-state index in [1.165, 1.54) is 0 Å². The first-order valence-corrected chi connectivity index (χ1v) is 5.53. The SMILES string of the molecule is CC1(C)OCC(C(CI)N=[N+]=[N-])O1. The van der Waals surface area contributed by atoms with Gasteiger partial charge in [-0.1, -0.05) is 27.7 Å². The Morgan fingerprint density at radius 2 is 2.46 bits per heavy atom. The summed E-state index contributed by atoms with van der Waals surface area (Å²) < 4.78 is 11.7. The lowest BCUT2D eigenvalue weighted by molar-refractivity contribution is -0.139. The third-order valence-electron chi connectivity index (χ3n) is 1.82. The maximum atomic E-state index is 8.32. The second-order valence-corrected chi connectivity index (χ2v) is 4.17. The molecule has 0 spiro atoms. The second-order valence-electron chi connectivity index (χ2n) is 3.29. The number of hydrogen-bond donors (Lipinski definition) is 0. The molecule has 1 aliphatic heterocycles. The van der Waals surface area contributed by atoms with Crippen molar-refractivity contribution in [2.24, 2.45) is 5.11 Å². The molecular weight excluding hydrogens is 285 g/mol. The van der Waals surface area contributed by atoms with Gasteiger partial charge in [0.05, 0.1) is 18.8 Å². The Hall–Kier alpha value is -0.0400. The summed E-state index contributed by atoms with van der Waals surface area (Å²) in [6.45, 7) is 4.21. The Balaban J connectivity index is 2.57. The minimum absolute atomic E-state index is 0.109. The van der Waals surface area contributed by atoms with Crippen LogP contribution >= 0.6 is 22.6 Å². The van der Waals surface area contributed by atoms with Crippen LogP contribution in [0.2, 0.25) is 0 Å². The molecule has 0 amide bonds. The zero-order chi connectivity index (χ0) is 9.90. The van der Waals surface area contributed by atoms with Crippen LogP contribution in [0.1, 0.15) is 13.8 Å². The second kappa shape index (κ2) is 4.45. The van der Waals surface area contributed by atoms with Crippen molar-refractivity contribution in [2.75, 3.05) is 11.0 Å². The number of alkyl halides is 1. The van der Waals surface area contributed by atoms with Gasteiger partial charge < -0.3 is 9.47 Å². The topological polar surface area (TPSA) is 67.2 Å². The highest BCUT2D eigenvalue weighted by atomic mass is 127. The van der Waals surface area contributed by atoms with Crippen molar-refractivity contribution in [1.82, 2.24) is 0 Å². The third kappa shape index (κ3) is 2.98. The summed E-state index contributed by atoms with van der Waals surface area (Å²) in [5.74, 6) is -0.542. The number of azide groups is 1. The minimum atomic E-state index is -0.542. The Morgan fingerprint density at radius 1 is 1.77 bits per heavy atom. The first-order chi connectivity index (χ1) is 6.09. The first kappa shape index (κ1) is 11.0. The highest BCUT2D eigenvalue weighted by molar-refractivity contribution is 14.1. The Labute approximate surface area is 90.5 Å². The van der Waals surface area contributed by atoms with Gasteiger partial charge in [-0.2, -0.15) is 0 Å². The fraction of sp³-hybridized carbons (Fsp3) is 1.00. The van der Waals surface area contributed by atoms with Crippen molar-refractivity contribution in [3.63, 3.8) is 0 Å². The summed E-state index contributed by atoms with van der Waals surface area (Å²) in [7, 11) is 0. The van der Waals surface area contributed by atoms with Crippen molar-refractivity contribution in [1.29, 1.82) is 0 Å². The zero-order valence-corrected chi connectivity index (χ0v) is 9.76. The van der Waals surface area contributed by atoms with E-state index in [0.29, 0.717) is 6.61 Å². The fourth-order valence-corrected chi connectivity index (χ4v) is 1.92. The van der Waals surface area contributed by atoms with Crippen LogP contribution in [-0.2, 0) is 9.47 Å². The smallest absolute Gasteiger partial charge is 0.163 e. The molecule has 2 unspecified atom stereocenters. The standard InChI is InChI=1S/C7H12IN3O2/c1-7(2)12-4-6(13-7)5(3-8)10-11-9/h5-6H,3-4H2,1-2H3. The predicted molar refractivity (Wildman–Crippen MR) is 56.7 cm³/mol. The molecule has 1 rings (SSSR count). The molecule has 0 bridgehead atoms. The van der Waals surface area contributed by atoms with Gasteiger partial charge in [0.15, 0.2) is 5.79 Å². The number of rotatable bonds is 3. The summed E-state index contributed by atoms with van der Waals surface area (Å²) in [6, 6.07) is -0.132. The fourth-order valence-electron chi connectivity index (χ4n) is 1.18. The van der Waals surface area contributed by atoms with Crippen molar-refractivity contribution in [2.45, 2.75) is 31.8 Å². The molecule has 1 saturated heterocycles. The normalized spacial score (nSPS) is 28.1. The van der Waals surface area contributed by atoms with E-state index in [2.05, 4.69) is 32.6 Å². The van der Waals surface area contributed by atoms with Crippen molar-refractivity contribution in [3.8, 4) is 0 Å². The van der Waals surface area contributed by atoms with E-state index in [1.807, 2.05) is 13.8 Å². The van der Waals surface area contributed by atoms with E-state index >= 15 is 0 Å². The van der Waals surface area contributed by atoms with Crippen LogP contribution in [0.25, 0.3) is 10.4 Å². The van der Waals surface area contributed by atoms with Gasteiger partial charge in [-0.05, 0) is 19.4 Å². The van der Waals surface area contributed by atoms with Gasteiger partial charge in [0.2, 0.25) is 0 Å². The molecule has 0 aliphatic carbocycles. The molecule has 0 aromatic rings.